The molecule has 1 saturated heterocycles. The summed E-state index contributed by atoms with van der Waals surface area (Å²) < 4.78 is 5.02. The molecule has 7 heteroatoms. The van der Waals surface area contributed by atoms with Crippen molar-refractivity contribution in [2.24, 2.45) is 11.7 Å². The molecular weight excluding hydrogens is 306 g/mol. The standard InChI is InChI=1S/C15H23N3O3.ClH/c1-11(16)13-5-7-17(8-6-13)10-12-3-4-15(21-2)14(9-12)18(19)20;/h3-4,9,11,13H,5-8,10,16H2,1-2H3;1H. The topological polar surface area (TPSA) is 81.6 Å². The van der Waals surface area contributed by atoms with Gasteiger partial charge in [0.05, 0.1) is 12.0 Å². The molecule has 6 nitrogen and oxygen atoms in total. The summed E-state index contributed by atoms with van der Waals surface area (Å²) in [5, 5.41) is 11.0. The second-order valence-corrected chi connectivity index (χ2v) is 5.74. The van der Waals surface area contributed by atoms with Gasteiger partial charge < -0.3 is 10.5 Å². The first-order valence-electron chi connectivity index (χ1n) is 7.30. The highest BCUT2D eigenvalue weighted by Gasteiger charge is 2.22. The molecule has 0 bridgehead atoms. The molecule has 22 heavy (non-hydrogen) atoms. The molecule has 1 atom stereocenters. The quantitative estimate of drug-likeness (QED) is 0.663. The van der Waals surface area contributed by atoms with Crippen molar-refractivity contribution in [1.29, 1.82) is 0 Å². The maximum atomic E-state index is 11.0. The number of nitrogens with zero attached hydrogens (tertiary/aromatic N) is 2. The van der Waals surface area contributed by atoms with Crippen molar-refractivity contribution in [2.75, 3.05) is 20.2 Å². The monoisotopic (exact) mass is 329 g/mol. The summed E-state index contributed by atoms with van der Waals surface area (Å²) in [5.74, 6) is 0.894. The van der Waals surface area contributed by atoms with Crippen LogP contribution >= 0.6 is 12.4 Å². The lowest BCUT2D eigenvalue weighted by Crippen LogP contribution is -2.39. The van der Waals surface area contributed by atoms with Gasteiger partial charge in [0, 0.05) is 18.7 Å². The maximum Gasteiger partial charge on any atom is 0.311 e. The lowest BCUT2D eigenvalue weighted by atomic mass is 9.91. The maximum absolute atomic E-state index is 11.0. The van der Waals surface area contributed by atoms with Gasteiger partial charge in [0.2, 0.25) is 0 Å². The van der Waals surface area contributed by atoms with E-state index in [4.69, 9.17) is 10.5 Å². The third-order valence-corrected chi connectivity index (χ3v) is 4.22. The molecule has 0 aliphatic carbocycles. The van der Waals surface area contributed by atoms with Crippen LogP contribution in [-0.4, -0.2) is 36.1 Å². The second-order valence-electron chi connectivity index (χ2n) is 5.74. The number of likely N-dealkylation sites (tertiary alicyclic amines) is 1. The number of rotatable bonds is 5. The van der Waals surface area contributed by atoms with Crippen molar-refractivity contribution in [3.8, 4) is 5.75 Å². The lowest BCUT2D eigenvalue weighted by Gasteiger charge is -2.33. The Morgan fingerprint density at radius 2 is 2.09 bits per heavy atom. The molecule has 1 fully saturated rings. The van der Waals surface area contributed by atoms with Crippen LogP contribution in [0.2, 0.25) is 0 Å². The highest BCUT2D eigenvalue weighted by Crippen LogP contribution is 2.29. The van der Waals surface area contributed by atoms with Crippen molar-refractivity contribution in [3.05, 3.63) is 33.9 Å². The van der Waals surface area contributed by atoms with E-state index in [1.54, 1.807) is 12.1 Å². The minimum atomic E-state index is -0.398. The van der Waals surface area contributed by atoms with Crippen molar-refractivity contribution >= 4 is 18.1 Å². The summed E-state index contributed by atoms with van der Waals surface area (Å²) >= 11 is 0. The first-order valence-corrected chi connectivity index (χ1v) is 7.30. The molecule has 1 aromatic rings. The van der Waals surface area contributed by atoms with E-state index in [0.29, 0.717) is 11.7 Å². The summed E-state index contributed by atoms with van der Waals surface area (Å²) in [4.78, 5) is 13.0. The Bertz CT molecular complexity index is 503. The molecule has 0 aromatic heterocycles. The second kappa shape index (κ2) is 8.31. The number of piperidine rings is 1. The van der Waals surface area contributed by atoms with E-state index < -0.39 is 4.92 Å². The molecule has 0 spiro atoms. The highest BCUT2D eigenvalue weighted by molar-refractivity contribution is 5.85. The van der Waals surface area contributed by atoms with Gasteiger partial charge in [-0.05, 0) is 50.4 Å². The van der Waals surface area contributed by atoms with Crippen LogP contribution in [0, 0.1) is 16.0 Å². The van der Waals surface area contributed by atoms with E-state index >= 15 is 0 Å². The molecule has 1 aromatic carbocycles. The number of benzene rings is 1. The number of methoxy groups -OCH3 is 1. The molecule has 1 heterocycles. The Morgan fingerprint density at radius 3 is 2.59 bits per heavy atom. The molecular formula is C15H24ClN3O3. The van der Waals surface area contributed by atoms with E-state index in [0.717, 1.165) is 38.0 Å². The van der Waals surface area contributed by atoms with Gasteiger partial charge in [0.1, 0.15) is 0 Å². The fourth-order valence-electron chi connectivity index (χ4n) is 2.87. The van der Waals surface area contributed by atoms with Gasteiger partial charge in [-0.3, -0.25) is 15.0 Å². The van der Waals surface area contributed by atoms with E-state index in [1.807, 2.05) is 6.07 Å². The normalized spacial score (nSPS) is 17.6. The zero-order valence-corrected chi connectivity index (χ0v) is 13.8. The van der Waals surface area contributed by atoms with Gasteiger partial charge in [0.25, 0.3) is 0 Å². The summed E-state index contributed by atoms with van der Waals surface area (Å²) in [6.07, 6.45) is 2.19. The van der Waals surface area contributed by atoms with Crippen molar-refractivity contribution < 1.29 is 9.66 Å². The van der Waals surface area contributed by atoms with E-state index in [9.17, 15) is 10.1 Å². The Kier molecular flexibility index (Phi) is 7.06. The van der Waals surface area contributed by atoms with Gasteiger partial charge in [-0.2, -0.15) is 0 Å². The SMILES string of the molecule is COc1ccc(CN2CCC(C(C)N)CC2)cc1[N+](=O)[O-].Cl. The van der Waals surface area contributed by atoms with Gasteiger partial charge >= 0.3 is 5.69 Å². The number of hydrogen-bond donors (Lipinski definition) is 1. The smallest absolute Gasteiger partial charge is 0.311 e. The van der Waals surface area contributed by atoms with Crippen LogP contribution in [0.4, 0.5) is 5.69 Å². The molecule has 0 radical (unpaired) electrons. The minimum Gasteiger partial charge on any atom is -0.490 e. The van der Waals surface area contributed by atoms with Gasteiger partial charge in [-0.25, -0.2) is 0 Å². The lowest BCUT2D eigenvalue weighted by molar-refractivity contribution is -0.385. The predicted molar refractivity (Wildman–Crippen MR) is 88.5 cm³/mol. The average molecular weight is 330 g/mol. The number of hydrogen-bond acceptors (Lipinski definition) is 5. The zero-order chi connectivity index (χ0) is 15.4. The largest absolute Gasteiger partial charge is 0.490 e. The fourth-order valence-corrected chi connectivity index (χ4v) is 2.87. The van der Waals surface area contributed by atoms with Crippen molar-refractivity contribution in [1.82, 2.24) is 4.90 Å². The van der Waals surface area contributed by atoms with Gasteiger partial charge in [0.15, 0.2) is 5.75 Å². The van der Waals surface area contributed by atoms with E-state index in [-0.39, 0.29) is 24.1 Å². The van der Waals surface area contributed by atoms with Crippen LogP contribution < -0.4 is 10.5 Å². The molecule has 0 saturated carbocycles. The first-order chi connectivity index (χ1) is 10.0. The zero-order valence-electron chi connectivity index (χ0n) is 13.0. The van der Waals surface area contributed by atoms with Gasteiger partial charge in [-0.15, -0.1) is 12.4 Å². The summed E-state index contributed by atoms with van der Waals surface area (Å²) in [6.45, 7) is 4.78. The molecule has 0 amide bonds. The predicted octanol–water partition coefficient (Wildman–Crippen LogP) is 2.58. The van der Waals surface area contributed by atoms with Crippen LogP contribution in [0.3, 0.4) is 0 Å². The molecule has 2 N–H and O–H groups in total. The Balaban J connectivity index is 0.00000242. The number of halogens is 1. The molecule has 124 valence electrons. The number of ether oxygens (including phenoxy) is 1. The van der Waals surface area contributed by atoms with Crippen LogP contribution in [0.1, 0.15) is 25.3 Å². The summed E-state index contributed by atoms with van der Waals surface area (Å²) in [5.41, 5.74) is 6.92. The van der Waals surface area contributed by atoms with Crippen LogP contribution in [-0.2, 0) is 6.54 Å². The minimum absolute atomic E-state index is 0. The van der Waals surface area contributed by atoms with E-state index in [2.05, 4.69) is 11.8 Å². The summed E-state index contributed by atoms with van der Waals surface area (Å²) in [7, 11) is 1.45. The third kappa shape index (κ3) is 4.56. The Morgan fingerprint density at radius 1 is 1.45 bits per heavy atom. The highest BCUT2D eigenvalue weighted by atomic mass is 35.5. The van der Waals surface area contributed by atoms with Crippen LogP contribution in [0.5, 0.6) is 5.75 Å². The van der Waals surface area contributed by atoms with Crippen LogP contribution in [0.25, 0.3) is 0 Å². The van der Waals surface area contributed by atoms with Crippen molar-refractivity contribution in [2.45, 2.75) is 32.4 Å². The Hall–Kier alpha value is -1.37. The average Bonchev–Trinajstić information content (AvgIpc) is 2.47. The molecule has 1 aliphatic heterocycles. The number of nitro benzene ring substituents is 1. The summed E-state index contributed by atoms with van der Waals surface area (Å²) in [6, 6.07) is 5.41. The van der Waals surface area contributed by atoms with Gasteiger partial charge in [-0.1, -0.05) is 6.07 Å². The third-order valence-electron chi connectivity index (χ3n) is 4.22. The molecule has 1 aliphatic rings. The molecule has 1 unspecified atom stereocenters. The van der Waals surface area contributed by atoms with Crippen molar-refractivity contribution in [3.63, 3.8) is 0 Å². The van der Waals surface area contributed by atoms with Crippen LogP contribution in [0.15, 0.2) is 18.2 Å². The fraction of sp³-hybridized carbons (Fsp3) is 0.600. The van der Waals surface area contributed by atoms with E-state index in [1.165, 1.54) is 7.11 Å². The first kappa shape index (κ1) is 18.7. The molecule has 2 rings (SSSR count). The number of nitrogens with two attached hydrogens (primary N) is 1. The number of nitro groups is 1. The Labute approximate surface area is 137 Å².